The number of aliphatic hydroxyl groups is 1. The average Bonchev–Trinajstić information content (AvgIpc) is 3.77. The Morgan fingerprint density at radius 1 is 1.00 bits per heavy atom. The van der Waals surface area contributed by atoms with Crippen molar-refractivity contribution in [2.24, 2.45) is 17.3 Å². The molecule has 9 rings (SSSR count). The molecule has 0 bridgehead atoms. The highest BCUT2D eigenvalue weighted by atomic mass is 32.1. The summed E-state index contributed by atoms with van der Waals surface area (Å²) in [6.07, 6.45) is 9.51. The van der Waals surface area contributed by atoms with Crippen LogP contribution in [-0.2, 0) is 15.5 Å². The van der Waals surface area contributed by atoms with E-state index in [4.69, 9.17) is 9.72 Å². The summed E-state index contributed by atoms with van der Waals surface area (Å²) in [6.45, 7) is 4.90. The minimum Gasteiger partial charge on any atom is -0.494 e. The lowest BCUT2D eigenvalue weighted by Gasteiger charge is -2.53. The SMILES string of the molecule is COc1cc2nc([C@H]3CC[C@H](CN4CCC5(CC4)CC(CCNc4cccc6c4C(O)N(C4CCC(=O)NC4=O)C6=O)C5)CC3)sc2cc1NC(=O)c1cccc(C(C)(F)F)n1. The summed E-state index contributed by atoms with van der Waals surface area (Å²) in [5.74, 6) is -2.94. The van der Waals surface area contributed by atoms with Gasteiger partial charge in [-0.1, -0.05) is 12.1 Å². The minimum absolute atomic E-state index is 0.102. The number of nitrogens with one attached hydrogen (secondary N) is 3. The van der Waals surface area contributed by atoms with Crippen molar-refractivity contribution in [2.45, 2.75) is 102 Å². The van der Waals surface area contributed by atoms with Crippen LogP contribution in [0.25, 0.3) is 10.2 Å². The zero-order chi connectivity index (χ0) is 43.3. The molecule has 16 heteroatoms. The molecule has 4 fully saturated rings. The first-order chi connectivity index (χ1) is 29.8. The van der Waals surface area contributed by atoms with Gasteiger partial charge in [-0.05, 0) is 125 Å². The summed E-state index contributed by atoms with van der Waals surface area (Å²) in [5.41, 5.74) is 2.71. The van der Waals surface area contributed by atoms with Crippen molar-refractivity contribution in [3.63, 3.8) is 0 Å². The van der Waals surface area contributed by atoms with Crippen LogP contribution >= 0.6 is 11.3 Å². The van der Waals surface area contributed by atoms with Gasteiger partial charge >= 0.3 is 0 Å². The Hall–Kier alpha value is -5.06. The molecule has 2 aromatic heterocycles. The highest BCUT2D eigenvalue weighted by Gasteiger charge is 2.47. The number of aromatic nitrogens is 2. The van der Waals surface area contributed by atoms with E-state index >= 15 is 0 Å². The molecule has 2 saturated carbocycles. The van der Waals surface area contributed by atoms with Crippen molar-refractivity contribution in [2.75, 3.05) is 43.9 Å². The fourth-order valence-electron chi connectivity index (χ4n) is 10.6. The van der Waals surface area contributed by atoms with Crippen LogP contribution in [0.15, 0.2) is 48.5 Å². The van der Waals surface area contributed by atoms with Gasteiger partial charge in [0.1, 0.15) is 23.2 Å². The standard InChI is InChI=1S/C46H53F2N7O6S/c1-45(47,48)37-8-4-7-31(50-37)40(57)51-32-22-36-33(21-35(32)61-2)52-42(62-36)28-11-9-26(10-12-28)25-54-19-16-46(17-20-54)23-27(24-46)15-18-49-30-6-3-5-29-39(30)44(60)55(43(29)59)34-13-14-38(56)53-41(34)58/h3-8,21-22,26-28,34,44,49,60H,9-20,23-25H2,1-2H3,(H,51,57)(H,53,56,58)/t26-,28-,34?,44?. The van der Waals surface area contributed by atoms with E-state index in [1.54, 1.807) is 23.5 Å². The number of carbonyl (C=O) groups excluding carboxylic acids is 4. The molecule has 0 radical (unpaired) electrons. The number of alkyl halides is 2. The molecule has 5 heterocycles. The summed E-state index contributed by atoms with van der Waals surface area (Å²) in [7, 11) is 1.52. The number of thiazole rings is 1. The van der Waals surface area contributed by atoms with E-state index in [1.807, 2.05) is 18.2 Å². The largest absolute Gasteiger partial charge is 0.494 e. The molecule has 5 aliphatic rings. The fourth-order valence-corrected chi connectivity index (χ4v) is 11.8. The highest BCUT2D eigenvalue weighted by Crippen LogP contribution is 2.54. The number of piperidine rings is 2. The third kappa shape index (κ3) is 8.40. The molecule has 1 spiro atoms. The maximum atomic E-state index is 13.9. The molecule has 328 valence electrons. The Morgan fingerprint density at radius 3 is 2.48 bits per heavy atom. The van der Waals surface area contributed by atoms with Gasteiger partial charge in [-0.2, -0.15) is 8.78 Å². The summed E-state index contributed by atoms with van der Waals surface area (Å²) in [5, 5.41) is 20.9. The zero-order valence-electron chi connectivity index (χ0n) is 35.1. The van der Waals surface area contributed by atoms with Crippen LogP contribution in [0.1, 0.15) is 127 Å². The number of methoxy groups -OCH3 is 1. The summed E-state index contributed by atoms with van der Waals surface area (Å²) >= 11 is 1.63. The number of carbonyl (C=O) groups is 4. The Balaban J connectivity index is 0.714. The number of aliphatic hydroxyl groups excluding tert-OH is 1. The summed E-state index contributed by atoms with van der Waals surface area (Å²) in [6, 6.07) is 12.1. The van der Waals surface area contributed by atoms with Crippen LogP contribution in [0, 0.1) is 17.3 Å². The Morgan fingerprint density at radius 2 is 1.76 bits per heavy atom. The van der Waals surface area contributed by atoms with Crippen molar-refractivity contribution in [3.05, 3.63) is 76.1 Å². The van der Waals surface area contributed by atoms with Gasteiger partial charge in [-0.15, -0.1) is 11.3 Å². The third-order valence-corrected chi connectivity index (χ3v) is 15.2. The van der Waals surface area contributed by atoms with E-state index in [0.29, 0.717) is 51.4 Å². The van der Waals surface area contributed by atoms with Crippen molar-refractivity contribution >= 4 is 56.6 Å². The van der Waals surface area contributed by atoms with Gasteiger partial charge in [0.15, 0.2) is 6.23 Å². The second kappa shape index (κ2) is 16.9. The predicted octanol–water partition coefficient (Wildman–Crippen LogP) is 7.58. The molecule has 3 aliphatic heterocycles. The van der Waals surface area contributed by atoms with Crippen molar-refractivity contribution < 1.29 is 37.8 Å². The third-order valence-electron chi connectivity index (χ3n) is 14.0. The first-order valence-electron chi connectivity index (χ1n) is 21.9. The van der Waals surface area contributed by atoms with E-state index < -0.39 is 41.6 Å². The van der Waals surface area contributed by atoms with Gasteiger partial charge in [0.25, 0.3) is 17.7 Å². The number of likely N-dealkylation sites (tertiary alicyclic amines) is 1. The lowest BCUT2D eigenvalue weighted by atomic mass is 9.57. The molecule has 4 N–H and O–H groups in total. The Kier molecular flexibility index (Phi) is 11.5. The molecule has 2 saturated heterocycles. The van der Waals surface area contributed by atoms with E-state index in [2.05, 4.69) is 25.8 Å². The van der Waals surface area contributed by atoms with Gasteiger partial charge in [-0.3, -0.25) is 29.4 Å². The van der Waals surface area contributed by atoms with E-state index in [9.17, 15) is 33.1 Å². The Bertz CT molecular complexity index is 2380. The molecule has 2 unspecified atom stereocenters. The van der Waals surface area contributed by atoms with Gasteiger partial charge in [0.2, 0.25) is 11.8 Å². The van der Waals surface area contributed by atoms with E-state index in [1.165, 1.54) is 55.9 Å². The molecule has 4 amide bonds. The average molecular weight is 870 g/mol. The number of rotatable bonds is 12. The van der Waals surface area contributed by atoms with Gasteiger partial charge in [0, 0.05) is 55.2 Å². The maximum absolute atomic E-state index is 13.9. The van der Waals surface area contributed by atoms with Crippen molar-refractivity contribution in [3.8, 4) is 5.75 Å². The first kappa shape index (κ1) is 42.3. The Labute approximate surface area is 363 Å². The maximum Gasteiger partial charge on any atom is 0.287 e. The molecule has 2 aromatic carbocycles. The first-order valence-corrected chi connectivity index (χ1v) is 22.7. The smallest absolute Gasteiger partial charge is 0.287 e. The molecular weight excluding hydrogens is 817 g/mol. The number of amides is 4. The monoisotopic (exact) mass is 869 g/mol. The van der Waals surface area contributed by atoms with Crippen molar-refractivity contribution in [1.82, 2.24) is 25.1 Å². The number of ether oxygens (including phenoxy) is 1. The number of nitrogens with zero attached hydrogens (tertiary/aromatic N) is 4. The number of hydrogen-bond donors (Lipinski definition) is 4. The number of pyridine rings is 1. The second-order valence-electron chi connectivity index (χ2n) is 18.2. The highest BCUT2D eigenvalue weighted by molar-refractivity contribution is 7.18. The van der Waals surface area contributed by atoms with Crippen LogP contribution in [0.4, 0.5) is 20.2 Å². The summed E-state index contributed by atoms with van der Waals surface area (Å²) in [4.78, 5) is 63.3. The van der Waals surface area contributed by atoms with Crippen LogP contribution in [0.3, 0.4) is 0 Å². The van der Waals surface area contributed by atoms with Crippen LogP contribution < -0.4 is 20.7 Å². The molecule has 13 nitrogen and oxygen atoms in total. The topological polar surface area (TPSA) is 166 Å². The predicted molar refractivity (Wildman–Crippen MR) is 230 cm³/mol. The lowest BCUT2D eigenvalue weighted by molar-refractivity contribution is -0.139. The zero-order valence-corrected chi connectivity index (χ0v) is 35.9. The second-order valence-corrected chi connectivity index (χ2v) is 19.2. The summed E-state index contributed by atoms with van der Waals surface area (Å²) < 4.78 is 34.2. The molecular formula is C46H53F2N7O6S. The van der Waals surface area contributed by atoms with E-state index in [0.717, 1.165) is 80.4 Å². The van der Waals surface area contributed by atoms with Gasteiger partial charge in [-0.25, -0.2) is 9.97 Å². The van der Waals surface area contributed by atoms with Crippen molar-refractivity contribution in [1.29, 1.82) is 0 Å². The number of imide groups is 1. The quantitative estimate of drug-likeness (QED) is 0.104. The number of halogens is 2. The fraction of sp³-hybridized carbons (Fsp3) is 0.522. The molecule has 4 aromatic rings. The van der Waals surface area contributed by atoms with Gasteiger partial charge in [0.05, 0.1) is 28.0 Å². The van der Waals surface area contributed by atoms with Crippen LogP contribution in [-0.4, -0.2) is 87.8 Å². The molecule has 2 aliphatic carbocycles. The lowest BCUT2D eigenvalue weighted by Crippen LogP contribution is -2.53. The van der Waals surface area contributed by atoms with Crippen LogP contribution in [0.2, 0.25) is 0 Å². The van der Waals surface area contributed by atoms with Gasteiger partial charge < -0.3 is 25.4 Å². The number of hydrogen-bond acceptors (Lipinski definition) is 11. The normalized spacial score (nSPS) is 24.2. The number of anilines is 2. The number of fused-ring (bicyclic) bond motifs is 2. The minimum atomic E-state index is -3.16. The number of benzene rings is 2. The van der Waals surface area contributed by atoms with E-state index in [-0.39, 0.29) is 24.4 Å². The molecule has 62 heavy (non-hydrogen) atoms. The van der Waals surface area contributed by atoms with Crippen LogP contribution in [0.5, 0.6) is 5.75 Å². The molecule has 2 atom stereocenters.